The quantitative estimate of drug-likeness (QED) is 0.739. The topological polar surface area (TPSA) is 15.3 Å². The molecule has 2 heteroatoms. The van der Waals surface area contributed by atoms with Crippen LogP contribution in [0.2, 0.25) is 0 Å². The third-order valence-corrected chi connectivity index (χ3v) is 4.05. The highest BCUT2D eigenvalue weighted by molar-refractivity contribution is 4.83. The van der Waals surface area contributed by atoms with Crippen LogP contribution in [0.25, 0.3) is 0 Å². The summed E-state index contributed by atoms with van der Waals surface area (Å²) in [5, 5.41) is 3.25. The van der Waals surface area contributed by atoms with E-state index in [1.165, 1.54) is 51.7 Å². The first kappa shape index (κ1) is 10.4. The predicted molar refractivity (Wildman–Crippen MR) is 60.4 cm³/mol. The molecule has 82 valence electrons. The van der Waals surface area contributed by atoms with Gasteiger partial charge in [-0.3, -0.25) is 0 Å². The van der Waals surface area contributed by atoms with Crippen LogP contribution >= 0.6 is 0 Å². The number of fused-ring (bicyclic) bond motifs is 1. The Morgan fingerprint density at radius 2 is 1.93 bits per heavy atom. The molecule has 1 saturated carbocycles. The standard InChI is InChI=1S/C12H24N2/c1-13-7-9-14-8-6-11-4-2-3-5-12(11)10-14/h11-13H,2-10H2,1H3. The third kappa shape index (κ3) is 2.48. The zero-order valence-electron chi connectivity index (χ0n) is 9.47. The Balaban J connectivity index is 1.77. The van der Waals surface area contributed by atoms with E-state index in [0.29, 0.717) is 0 Å². The van der Waals surface area contributed by atoms with Crippen LogP contribution in [0.1, 0.15) is 32.1 Å². The van der Waals surface area contributed by atoms with Crippen molar-refractivity contribution in [2.45, 2.75) is 32.1 Å². The van der Waals surface area contributed by atoms with Crippen molar-refractivity contribution in [1.29, 1.82) is 0 Å². The molecule has 0 radical (unpaired) electrons. The van der Waals surface area contributed by atoms with E-state index in [1.807, 2.05) is 7.05 Å². The van der Waals surface area contributed by atoms with Gasteiger partial charge in [-0.1, -0.05) is 19.3 Å². The van der Waals surface area contributed by atoms with E-state index in [-0.39, 0.29) is 0 Å². The van der Waals surface area contributed by atoms with Gasteiger partial charge in [0.25, 0.3) is 0 Å². The minimum Gasteiger partial charge on any atom is -0.318 e. The first-order chi connectivity index (χ1) is 6.90. The number of hydrogen-bond donors (Lipinski definition) is 1. The van der Waals surface area contributed by atoms with E-state index >= 15 is 0 Å². The molecular weight excluding hydrogens is 172 g/mol. The predicted octanol–water partition coefficient (Wildman–Crippen LogP) is 1.72. The van der Waals surface area contributed by atoms with Crippen LogP contribution in [0.5, 0.6) is 0 Å². The molecule has 2 atom stereocenters. The molecule has 0 aromatic carbocycles. The molecule has 1 aliphatic carbocycles. The molecule has 2 fully saturated rings. The summed E-state index contributed by atoms with van der Waals surface area (Å²) in [6.07, 6.45) is 7.47. The normalized spacial score (nSPS) is 34.1. The molecule has 2 unspecified atom stereocenters. The summed E-state index contributed by atoms with van der Waals surface area (Å²) < 4.78 is 0. The Hall–Kier alpha value is -0.0800. The Labute approximate surface area is 88.1 Å². The summed E-state index contributed by atoms with van der Waals surface area (Å²) in [4.78, 5) is 2.66. The Kier molecular flexibility index (Phi) is 3.82. The minimum atomic E-state index is 1.04. The average Bonchev–Trinajstić information content (AvgIpc) is 2.26. The van der Waals surface area contributed by atoms with Crippen LogP contribution in [-0.4, -0.2) is 38.1 Å². The fraction of sp³-hybridized carbons (Fsp3) is 1.00. The van der Waals surface area contributed by atoms with Gasteiger partial charge in [0, 0.05) is 19.6 Å². The van der Waals surface area contributed by atoms with E-state index < -0.39 is 0 Å². The fourth-order valence-corrected chi connectivity index (χ4v) is 3.15. The van der Waals surface area contributed by atoms with Crippen LogP contribution in [0.3, 0.4) is 0 Å². The molecule has 1 saturated heterocycles. The zero-order chi connectivity index (χ0) is 9.80. The van der Waals surface area contributed by atoms with E-state index in [2.05, 4.69) is 10.2 Å². The molecule has 0 spiro atoms. The molecule has 1 heterocycles. The fourth-order valence-electron chi connectivity index (χ4n) is 3.15. The molecule has 2 aliphatic rings. The summed E-state index contributed by atoms with van der Waals surface area (Å²) in [5.41, 5.74) is 0. The van der Waals surface area contributed by atoms with Crippen LogP contribution in [0.4, 0.5) is 0 Å². The van der Waals surface area contributed by atoms with Gasteiger partial charge in [-0.2, -0.15) is 0 Å². The maximum atomic E-state index is 3.25. The summed E-state index contributed by atoms with van der Waals surface area (Å²) in [6.45, 7) is 5.13. The van der Waals surface area contributed by atoms with Crippen LogP contribution in [0.15, 0.2) is 0 Å². The van der Waals surface area contributed by atoms with Gasteiger partial charge in [-0.05, 0) is 38.3 Å². The number of likely N-dealkylation sites (tertiary alicyclic amines) is 1. The summed E-state index contributed by atoms with van der Waals surface area (Å²) in [5.74, 6) is 2.11. The highest BCUT2D eigenvalue weighted by atomic mass is 15.1. The van der Waals surface area contributed by atoms with Gasteiger partial charge in [0.05, 0.1) is 0 Å². The Morgan fingerprint density at radius 3 is 2.71 bits per heavy atom. The molecule has 0 aromatic heterocycles. The smallest absolute Gasteiger partial charge is 0.0107 e. The van der Waals surface area contributed by atoms with Crippen molar-refractivity contribution in [3.05, 3.63) is 0 Å². The number of nitrogens with one attached hydrogen (secondary N) is 1. The molecule has 14 heavy (non-hydrogen) atoms. The maximum Gasteiger partial charge on any atom is 0.0107 e. The first-order valence-corrected chi connectivity index (χ1v) is 6.27. The van der Waals surface area contributed by atoms with Crippen molar-refractivity contribution in [3.8, 4) is 0 Å². The summed E-state index contributed by atoms with van der Waals surface area (Å²) >= 11 is 0. The molecule has 2 rings (SSSR count). The summed E-state index contributed by atoms with van der Waals surface area (Å²) in [7, 11) is 2.05. The van der Waals surface area contributed by atoms with E-state index in [4.69, 9.17) is 0 Å². The summed E-state index contributed by atoms with van der Waals surface area (Å²) in [6, 6.07) is 0. The molecule has 0 amide bonds. The van der Waals surface area contributed by atoms with Crippen molar-refractivity contribution in [2.24, 2.45) is 11.8 Å². The molecule has 0 aromatic rings. The minimum absolute atomic E-state index is 1.04. The molecule has 0 bridgehead atoms. The lowest BCUT2D eigenvalue weighted by Crippen LogP contribution is -2.43. The third-order valence-electron chi connectivity index (χ3n) is 4.05. The largest absolute Gasteiger partial charge is 0.318 e. The average molecular weight is 196 g/mol. The van der Waals surface area contributed by atoms with Crippen molar-refractivity contribution in [3.63, 3.8) is 0 Å². The van der Waals surface area contributed by atoms with Crippen molar-refractivity contribution >= 4 is 0 Å². The number of rotatable bonds is 3. The zero-order valence-corrected chi connectivity index (χ0v) is 9.47. The second-order valence-corrected chi connectivity index (χ2v) is 5.00. The number of nitrogens with zero attached hydrogens (tertiary/aromatic N) is 1. The second kappa shape index (κ2) is 5.13. The highest BCUT2D eigenvalue weighted by Gasteiger charge is 2.30. The number of likely N-dealkylation sites (N-methyl/N-ethyl adjacent to an activating group) is 1. The second-order valence-electron chi connectivity index (χ2n) is 5.00. The van der Waals surface area contributed by atoms with Gasteiger partial charge in [-0.25, -0.2) is 0 Å². The number of hydrogen-bond acceptors (Lipinski definition) is 2. The SMILES string of the molecule is CNCCN1CCC2CCCCC2C1. The van der Waals surface area contributed by atoms with Crippen LogP contribution < -0.4 is 5.32 Å². The van der Waals surface area contributed by atoms with Crippen LogP contribution in [-0.2, 0) is 0 Å². The molecule has 1 aliphatic heterocycles. The van der Waals surface area contributed by atoms with E-state index in [9.17, 15) is 0 Å². The molecule has 2 nitrogen and oxygen atoms in total. The Bertz CT molecular complexity index is 170. The monoisotopic (exact) mass is 196 g/mol. The lowest BCUT2D eigenvalue weighted by molar-refractivity contribution is 0.0879. The van der Waals surface area contributed by atoms with Crippen molar-refractivity contribution < 1.29 is 0 Å². The molecule has 1 N–H and O–H groups in total. The lowest BCUT2D eigenvalue weighted by Gasteiger charge is -2.41. The van der Waals surface area contributed by atoms with Crippen molar-refractivity contribution in [1.82, 2.24) is 10.2 Å². The lowest BCUT2D eigenvalue weighted by atomic mass is 9.75. The van der Waals surface area contributed by atoms with Gasteiger partial charge < -0.3 is 10.2 Å². The van der Waals surface area contributed by atoms with Gasteiger partial charge in [0.1, 0.15) is 0 Å². The van der Waals surface area contributed by atoms with Crippen molar-refractivity contribution in [2.75, 3.05) is 33.2 Å². The van der Waals surface area contributed by atoms with Gasteiger partial charge in [-0.15, -0.1) is 0 Å². The Morgan fingerprint density at radius 1 is 1.14 bits per heavy atom. The van der Waals surface area contributed by atoms with Gasteiger partial charge in [0.2, 0.25) is 0 Å². The van der Waals surface area contributed by atoms with E-state index in [1.54, 1.807) is 0 Å². The first-order valence-electron chi connectivity index (χ1n) is 6.27. The van der Waals surface area contributed by atoms with E-state index in [0.717, 1.165) is 18.4 Å². The maximum absolute atomic E-state index is 3.25. The van der Waals surface area contributed by atoms with Gasteiger partial charge in [0.15, 0.2) is 0 Å². The van der Waals surface area contributed by atoms with Gasteiger partial charge >= 0.3 is 0 Å². The molecular formula is C12H24N2. The number of piperidine rings is 1. The van der Waals surface area contributed by atoms with Crippen LogP contribution in [0, 0.1) is 11.8 Å². The highest BCUT2D eigenvalue weighted by Crippen LogP contribution is 2.35.